The minimum Gasteiger partial charge on any atom is -0.247 e. The molecule has 0 fully saturated rings. The van der Waals surface area contributed by atoms with Crippen LogP contribution in [0.2, 0.25) is 0 Å². The molecule has 230 valence electrons. The number of benzene rings is 9. The van der Waals surface area contributed by atoms with E-state index >= 15 is 0 Å². The lowest BCUT2D eigenvalue weighted by molar-refractivity contribution is 1.43. The van der Waals surface area contributed by atoms with Crippen LogP contribution in [0.4, 0.5) is 0 Å². The van der Waals surface area contributed by atoms with E-state index in [-0.39, 0.29) is 0 Å². The third-order valence-electron chi connectivity index (χ3n) is 10.3. The number of para-hydroxylation sites is 1. The Morgan fingerprint density at radius 1 is 0.360 bits per heavy atom. The quantitative estimate of drug-likeness (QED) is 0.144. The fourth-order valence-corrected chi connectivity index (χ4v) is 8.17. The largest absolute Gasteiger partial charge is 0.247 e. The van der Waals surface area contributed by atoms with E-state index in [1.54, 1.807) is 0 Å². The number of nitrogens with zero attached hydrogens (tertiary/aromatic N) is 2. The molecule has 0 bridgehead atoms. The Bertz CT molecular complexity index is 2980. The highest BCUT2D eigenvalue weighted by molar-refractivity contribution is 6.28. The van der Waals surface area contributed by atoms with Gasteiger partial charge in [-0.1, -0.05) is 158 Å². The Kier molecular flexibility index (Phi) is 6.28. The summed E-state index contributed by atoms with van der Waals surface area (Å²) in [4.78, 5) is 5.20. The first-order chi connectivity index (χ1) is 24.8. The van der Waals surface area contributed by atoms with Crippen molar-refractivity contribution in [3.8, 4) is 39.6 Å². The molecule has 0 saturated carbocycles. The molecule has 10 rings (SSSR count). The van der Waals surface area contributed by atoms with Gasteiger partial charge in [-0.2, -0.15) is 5.26 Å². The number of fused-ring (bicyclic) bond motifs is 8. The Hall–Kier alpha value is -6.82. The molecule has 9 aromatic carbocycles. The first kappa shape index (κ1) is 28.2. The van der Waals surface area contributed by atoms with Gasteiger partial charge in [0.1, 0.15) is 0 Å². The second-order valence-corrected chi connectivity index (χ2v) is 12.9. The minimum absolute atomic E-state index is 0.690. The summed E-state index contributed by atoms with van der Waals surface area (Å²) in [6, 6.07) is 62.7. The molecule has 1 heterocycles. The summed E-state index contributed by atoms with van der Waals surface area (Å²) in [5.74, 6) is 0. The van der Waals surface area contributed by atoms with Crippen molar-refractivity contribution in [2.24, 2.45) is 0 Å². The van der Waals surface area contributed by atoms with Gasteiger partial charge >= 0.3 is 0 Å². The number of hydrogen-bond donors (Lipinski definition) is 0. The van der Waals surface area contributed by atoms with Crippen LogP contribution in [0.25, 0.3) is 98.3 Å². The average molecular weight is 633 g/mol. The van der Waals surface area contributed by atoms with Gasteiger partial charge in [0, 0.05) is 27.1 Å². The standard InChI is InChI=1S/C48H28N2/c49-29-31-25-26-41(33-16-5-4-15-32(31)33)46-39-19-8-6-17-37(39)45(38-18-7-9-20-40(38)46)35-22-12-23-36-34(35)27-28-43-47(36)42-21-10-11-24-44(42)50-48(43)30-13-2-1-3-14-30/h1-28H. The van der Waals surface area contributed by atoms with Crippen LogP contribution in [0.15, 0.2) is 170 Å². The molecule has 0 unspecified atom stereocenters. The van der Waals surface area contributed by atoms with E-state index in [1.807, 2.05) is 12.1 Å². The van der Waals surface area contributed by atoms with E-state index in [0.29, 0.717) is 5.56 Å². The van der Waals surface area contributed by atoms with Gasteiger partial charge in [-0.3, -0.25) is 0 Å². The van der Waals surface area contributed by atoms with Crippen molar-refractivity contribution in [3.63, 3.8) is 0 Å². The number of aromatic nitrogens is 1. The topological polar surface area (TPSA) is 36.7 Å². The molecule has 0 aliphatic carbocycles. The van der Waals surface area contributed by atoms with Gasteiger partial charge in [0.05, 0.1) is 22.8 Å². The molecule has 0 N–H and O–H groups in total. The fourth-order valence-electron chi connectivity index (χ4n) is 8.17. The minimum atomic E-state index is 0.690. The summed E-state index contributed by atoms with van der Waals surface area (Å²) >= 11 is 0. The zero-order chi connectivity index (χ0) is 33.2. The van der Waals surface area contributed by atoms with Gasteiger partial charge in [0.2, 0.25) is 0 Å². The van der Waals surface area contributed by atoms with Gasteiger partial charge in [-0.05, 0) is 72.1 Å². The first-order valence-electron chi connectivity index (χ1n) is 17.0. The maximum Gasteiger partial charge on any atom is 0.0998 e. The highest BCUT2D eigenvalue weighted by Gasteiger charge is 2.21. The van der Waals surface area contributed by atoms with Crippen molar-refractivity contribution in [3.05, 3.63) is 175 Å². The highest BCUT2D eigenvalue weighted by Crippen LogP contribution is 2.48. The molecule has 0 radical (unpaired) electrons. The number of nitriles is 1. The van der Waals surface area contributed by atoms with Crippen LogP contribution >= 0.6 is 0 Å². The van der Waals surface area contributed by atoms with Crippen molar-refractivity contribution in [2.75, 3.05) is 0 Å². The SMILES string of the molecule is N#Cc1ccc(-c2c3ccccc3c(-c3cccc4c3ccc3c(-c5ccccc5)nc5ccccc5c34)c3ccccc23)c2ccccc12. The van der Waals surface area contributed by atoms with Crippen LogP contribution in [-0.4, -0.2) is 4.98 Å². The highest BCUT2D eigenvalue weighted by atomic mass is 14.7. The third kappa shape index (κ3) is 4.11. The third-order valence-corrected chi connectivity index (χ3v) is 10.3. The second-order valence-electron chi connectivity index (χ2n) is 12.9. The average Bonchev–Trinajstić information content (AvgIpc) is 3.19. The zero-order valence-corrected chi connectivity index (χ0v) is 27.1. The summed E-state index contributed by atoms with van der Waals surface area (Å²) in [7, 11) is 0. The van der Waals surface area contributed by atoms with E-state index < -0.39 is 0 Å². The number of pyridine rings is 1. The summed E-state index contributed by atoms with van der Waals surface area (Å²) in [6.45, 7) is 0. The molecule has 0 spiro atoms. The normalized spacial score (nSPS) is 11.6. The summed E-state index contributed by atoms with van der Waals surface area (Å²) in [5.41, 5.74) is 8.55. The molecule has 2 heteroatoms. The lowest BCUT2D eigenvalue weighted by atomic mass is 9.83. The predicted octanol–water partition coefficient (Wildman–Crippen LogP) is 12.9. The predicted molar refractivity (Wildman–Crippen MR) is 210 cm³/mol. The van der Waals surface area contributed by atoms with Crippen molar-refractivity contribution in [1.82, 2.24) is 4.98 Å². The molecule has 0 aliphatic rings. The van der Waals surface area contributed by atoms with Gasteiger partial charge in [0.15, 0.2) is 0 Å². The molecule has 0 saturated heterocycles. The molecule has 50 heavy (non-hydrogen) atoms. The maximum atomic E-state index is 9.93. The molecule has 0 amide bonds. The lowest BCUT2D eigenvalue weighted by Gasteiger charge is -2.20. The molecule has 0 aliphatic heterocycles. The Labute approximate surface area is 289 Å². The van der Waals surface area contributed by atoms with Gasteiger partial charge in [0.25, 0.3) is 0 Å². The van der Waals surface area contributed by atoms with Crippen LogP contribution in [0.3, 0.4) is 0 Å². The van der Waals surface area contributed by atoms with Crippen LogP contribution in [0, 0.1) is 11.3 Å². The van der Waals surface area contributed by atoms with Gasteiger partial charge in [-0.15, -0.1) is 0 Å². The molecule has 10 aromatic rings. The fraction of sp³-hybridized carbons (Fsp3) is 0. The molecule has 1 aromatic heterocycles. The summed E-state index contributed by atoms with van der Waals surface area (Å²) in [5, 5.41) is 22.7. The van der Waals surface area contributed by atoms with E-state index in [1.165, 1.54) is 54.4 Å². The van der Waals surface area contributed by atoms with Crippen LogP contribution in [0.5, 0.6) is 0 Å². The number of hydrogen-bond acceptors (Lipinski definition) is 2. The van der Waals surface area contributed by atoms with Crippen molar-refractivity contribution >= 4 is 64.8 Å². The van der Waals surface area contributed by atoms with E-state index in [4.69, 9.17) is 4.98 Å². The Balaban J connectivity index is 1.34. The molecule has 0 atom stereocenters. The van der Waals surface area contributed by atoms with E-state index in [2.05, 4.69) is 164 Å². The molecular formula is C48H28N2. The van der Waals surface area contributed by atoms with Crippen LogP contribution in [0.1, 0.15) is 5.56 Å². The summed E-state index contributed by atoms with van der Waals surface area (Å²) in [6.07, 6.45) is 0. The Morgan fingerprint density at radius 2 is 0.860 bits per heavy atom. The van der Waals surface area contributed by atoms with Crippen LogP contribution in [-0.2, 0) is 0 Å². The summed E-state index contributed by atoms with van der Waals surface area (Å²) < 4.78 is 0. The maximum absolute atomic E-state index is 9.93. The van der Waals surface area contributed by atoms with Gasteiger partial charge < -0.3 is 0 Å². The molecule has 2 nitrogen and oxygen atoms in total. The first-order valence-corrected chi connectivity index (χ1v) is 17.0. The van der Waals surface area contributed by atoms with Gasteiger partial charge in [-0.25, -0.2) is 4.98 Å². The van der Waals surface area contributed by atoms with Crippen LogP contribution < -0.4 is 0 Å². The smallest absolute Gasteiger partial charge is 0.0998 e. The number of rotatable bonds is 3. The zero-order valence-electron chi connectivity index (χ0n) is 27.1. The van der Waals surface area contributed by atoms with Crippen molar-refractivity contribution < 1.29 is 0 Å². The van der Waals surface area contributed by atoms with Crippen molar-refractivity contribution in [1.29, 1.82) is 5.26 Å². The second kappa shape index (κ2) is 11.1. The van der Waals surface area contributed by atoms with E-state index in [0.717, 1.165) is 43.9 Å². The van der Waals surface area contributed by atoms with E-state index in [9.17, 15) is 5.26 Å². The van der Waals surface area contributed by atoms with Crippen molar-refractivity contribution in [2.45, 2.75) is 0 Å². The molecular weight excluding hydrogens is 605 g/mol. The monoisotopic (exact) mass is 632 g/mol. The Morgan fingerprint density at radius 3 is 1.52 bits per heavy atom. The lowest BCUT2D eigenvalue weighted by Crippen LogP contribution is -1.94.